The van der Waals surface area contributed by atoms with Gasteiger partial charge in [0, 0.05) is 17.9 Å². The molecule has 2 aromatic rings. The molecule has 0 aromatic heterocycles. The number of allylic oxidation sites excluding steroid dienone is 1. The maximum absolute atomic E-state index is 11.1. The van der Waals surface area contributed by atoms with E-state index in [1.165, 1.54) is 5.56 Å². The van der Waals surface area contributed by atoms with Crippen LogP contribution >= 0.6 is 0 Å². The van der Waals surface area contributed by atoms with Crippen molar-refractivity contribution in [2.75, 3.05) is 14.2 Å². The van der Waals surface area contributed by atoms with Gasteiger partial charge in [0.2, 0.25) is 0 Å². The van der Waals surface area contributed by atoms with E-state index in [0.29, 0.717) is 12.3 Å². The lowest BCUT2D eigenvalue weighted by Crippen LogP contribution is -2.02. The summed E-state index contributed by atoms with van der Waals surface area (Å²) in [5, 5.41) is 9.10. The van der Waals surface area contributed by atoms with Crippen molar-refractivity contribution in [3.8, 4) is 22.6 Å². The number of ether oxygens (including phenoxy) is 2. The Bertz CT molecular complexity index is 867. The second-order valence-corrected chi connectivity index (χ2v) is 6.81. The summed E-state index contributed by atoms with van der Waals surface area (Å²) in [4.78, 5) is 11.1. The van der Waals surface area contributed by atoms with Gasteiger partial charge in [-0.05, 0) is 53.3 Å². The van der Waals surface area contributed by atoms with Gasteiger partial charge in [0.25, 0.3) is 0 Å². The largest absolute Gasteiger partial charge is 0.497 e. The van der Waals surface area contributed by atoms with E-state index in [0.717, 1.165) is 46.6 Å². The number of hydrogen-bond acceptors (Lipinski definition) is 3. The third kappa shape index (κ3) is 3.85. The number of aliphatic carboxylic acids is 1. The number of carbonyl (C=O) groups is 1. The van der Waals surface area contributed by atoms with Crippen LogP contribution in [0.5, 0.6) is 11.5 Å². The SMILES string of the molecule is CCCC1C=Cc2c(-c3cc(OC)ccc3CCC(=O)O)ccc(OC)c21. The standard InChI is InChI=1S/C23H26O4/c1-4-5-16-7-10-19-18(11-12-21(27-3)23(16)19)20-14-17(26-2)9-6-15(20)8-13-22(24)25/h6-7,9-12,14,16H,4-5,8,13H2,1-3H3,(H,24,25). The summed E-state index contributed by atoms with van der Waals surface area (Å²) in [7, 11) is 3.35. The smallest absolute Gasteiger partial charge is 0.303 e. The van der Waals surface area contributed by atoms with E-state index in [2.05, 4.69) is 25.1 Å². The zero-order valence-corrected chi connectivity index (χ0v) is 16.1. The summed E-state index contributed by atoms with van der Waals surface area (Å²) in [5.74, 6) is 1.24. The summed E-state index contributed by atoms with van der Waals surface area (Å²) in [6.07, 6.45) is 7.19. The molecule has 1 N–H and O–H groups in total. The Morgan fingerprint density at radius 1 is 1.11 bits per heavy atom. The highest BCUT2D eigenvalue weighted by atomic mass is 16.5. The summed E-state index contributed by atoms with van der Waals surface area (Å²) in [6.45, 7) is 2.19. The van der Waals surface area contributed by atoms with Crippen LogP contribution in [0.1, 0.15) is 48.8 Å². The van der Waals surface area contributed by atoms with Crippen LogP contribution in [0.25, 0.3) is 17.2 Å². The Kier molecular flexibility index (Phi) is 5.84. The Labute approximate surface area is 160 Å². The Balaban J connectivity index is 2.14. The van der Waals surface area contributed by atoms with Gasteiger partial charge in [-0.2, -0.15) is 0 Å². The minimum absolute atomic E-state index is 0.103. The Morgan fingerprint density at radius 2 is 1.93 bits per heavy atom. The second kappa shape index (κ2) is 8.30. The molecule has 27 heavy (non-hydrogen) atoms. The minimum Gasteiger partial charge on any atom is -0.497 e. The second-order valence-electron chi connectivity index (χ2n) is 6.81. The summed E-state index contributed by atoms with van der Waals surface area (Å²) < 4.78 is 11.1. The van der Waals surface area contributed by atoms with E-state index in [-0.39, 0.29) is 6.42 Å². The van der Waals surface area contributed by atoms with Crippen molar-refractivity contribution in [3.05, 3.63) is 53.1 Å². The van der Waals surface area contributed by atoms with Crippen molar-refractivity contribution < 1.29 is 19.4 Å². The van der Waals surface area contributed by atoms with Crippen LogP contribution in [0, 0.1) is 0 Å². The van der Waals surface area contributed by atoms with Gasteiger partial charge in [-0.1, -0.05) is 37.6 Å². The molecule has 142 valence electrons. The third-order valence-electron chi connectivity index (χ3n) is 5.15. The lowest BCUT2D eigenvalue weighted by atomic mass is 9.88. The molecule has 0 saturated heterocycles. The van der Waals surface area contributed by atoms with Crippen LogP contribution in [0.2, 0.25) is 0 Å². The molecule has 4 heteroatoms. The molecule has 4 nitrogen and oxygen atoms in total. The van der Waals surface area contributed by atoms with Gasteiger partial charge >= 0.3 is 5.97 Å². The molecule has 0 radical (unpaired) electrons. The number of hydrogen-bond donors (Lipinski definition) is 1. The third-order valence-corrected chi connectivity index (χ3v) is 5.15. The molecule has 0 spiro atoms. The quantitative estimate of drug-likeness (QED) is 0.689. The van der Waals surface area contributed by atoms with Crippen molar-refractivity contribution >= 4 is 12.0 Å². The lowest BCUT2D eigenvalue weighted by molar-refractivity contribution is -0.136. The van der Waals surface area contributed by atoms with Crippen molar-refractivity contribution in [3.63, 3.8) is 0 Å². The van der Waals surface area contributed by atoms with Crippen LogP contribution < -0.4 is 9.47 Å². The maximum atomic E-state index is 11.1. The Morgan fingerprint density at radius 3 is 2.59 bits per heavy atom. The predicted octanol–water partition coefficient (Wildman–Crippen LogP) is 5.30. The number of aryl methyl sites for hydroxylation is 1. The molecule has 1 atom stereocenters. The number of carboxylic acid groups (broad SMARTS) is 1. The van der Waals surface area contributed by atoms with Gasteiger partial charge in [-0.3, -0.25) is 4.79 Å². The molecule has 0 aliphatic heterocycles. The lowest BCUT2D eigenvalue weighted by Gasteiger charge is -2.19. The normalized spacial score (nSPS) is 14.9. The van der Waals surface area contributed by atoms with Gasteiger partial charge in [0.05, 0.1) is 14.2 Å². The molecule has 2 aromatic carbocycles. The number of methoxy groups -OCH3 is 2. The highest BCUT2D eigenvalue weighted by molar-refractivity contribution is 5.84. The molecule has 1 unspecified atom stereocenters. The highest BCUT2D eigenvalue weighted by Crippen LogP contribution is 2.45. The van der Waals surface area contributed by atoms with Crippen molar-refractivity contribution in [2.24, 2.45) is 0 Å². The van der Waals surface area contributed by atoms with Crippen molar-refractivity contribution in [1.29, 1.82) is 0 Å². The monoisotopic (exact) mass is 366 g/mol. The van der Waals surface area contributed by atoms with E-state index in [9.17, 15) is 4.79 Å². The molecule has 0 saturated carbocycles. The first-order valence-electron chi connectivity index (χ1n) is 9.37. The highest BCUT2D eigenvalue weighted by Gasteiger charge is 2.25. The fraction of sp³-hybridized carbons (Fsp3) is 0.348. The van der Waals surface area contributed by atoms with Gasteiger partial charge < -0.3 is 14.6 Å². The van der Waals surface area contributed by atoms with Crippen LogP contribution in [0.3, 0.4) is 0 Å². The fourth-order valence-electron chi connectivity index (χ4n) is 3.84. The topological polar surface area (TPSA) is 55.8 Å². The molecule has 0 amide bonds. The van der Waals surface area contributed by atoms with Gasteiger partial charge in [-0.25, -0.2) is 0 Å². The summed E-state index contributed by atoms with van der Waals surface area (Å²) in [5.41, 5.74) is 5.52. The van der Waals surface area contributed by atoms with Crippen molar-refractivity contribution in [1.82, 2.24) is 0 Å². The number of carboxylic acids is 1. The number of benzene rings is 2. The molecule has 1 aliphatic rings. The minimum atomic E-state index is -0.792. The first kappa shape index (κ1) is 19.0. The molecular weight excluding hydrogens is 340 g/mol. The fourth-order valence-corrected chi connectivity index (χ4v) is 3.84. The molecule has 3 rings (SSSR count). The first-order chi connectivity index (χ1) is 13.1. The van der Waals surface area contributed by atoms with Crippen LogP contribution in [-0.4, -0.2) is 25.3 Å². The van der Waals surface area contributed by atoms with Crippen LogP contribution in [0.4, 0.5) is 0 Å². The van der Waals surface area contributed by atoms with Gasteiger partial charge in [0.1, 0.15) is 11.5 Å². The van der Waals surface area contributed by atoms with Crippen LogP contribution in [0.15, 0.2) is 36.4 Å². The zero-order chi connectivity index (χ0) is 19.4. The van der Waals surface area contributed by atoms with Crippen molar-refractivity contribution in [2.45, 2.75) is 38.5 Å². The van der Waals surface area contributed by atoms with E-state index >= 15 is 0 Å². The Hall–Kier alpha value is -2.75. The maximum Gasteiger partial charge on any atom is 0.303 e. The molecule has 0 bridgehead atoms. The summed E-state index contributed by atoms with van der Waals surface area (Å²) >= 11 is 0. The van der Waals surface area contributed by atoms with E-state index in [1.54, 1.807) is 14.2 Å². The van der Waals surface area contributed by atoms with Crippen LogP contribution in [-0.2, 0) is 11.2 Å². The molecule has 1 aliphatic carbocycles. The first-order valence-corrected chi connectivity index (χ1v) is 9.37. The van der Waals surface area contributed by atoms with E-state index in [1.807, 2.05) is 24.3 Å². The summed E-state index contributed by atoms with van der Waals surface area (Å²) in [6, 6.07) is 9.94. The molecule has 0 fully saturated rings. The number of rotatable bonds is 8. The molecular formula is C23H26O4. The average molecular weight is 366 g/mol. The predicted molar refractivity (Wildman–Crippen MR) is 108 cm³/mol. The van der Waals surface area contributed by atoms with Gasteiger partial charge in [-0.15, -0.1) is 0 Å². The van der Waals surface area contributed by atoms with E-state index < -0.39 is 5.97 Å². The van der Waals surface area contributed by atoms with E-state index in [4.69, 9.17) is 14.6 Å². The van der Waals surface area contributed by atoms with Gasteiger partial charge in [0.15, 0.2) is 0 Å². The zero-order valence-electron chi connectivity index (χ0n) is 16.1. The average Bonchev–Trinajstić information content (AvgIpc) is 3.10. The molecule has 0 heterocycles. The number of fused-ring (bicyclic) bond motifs is 1.